The predicted octanol–water partition coefficient (Wildman–Crippen LogP) is 0.299. The molecule has 2 aliphatic rings. The van der Waals surface area contributed by atoms with Crippen LogP contribution in [0.25, 0.3) is 0 Å². The molecule has 0 radical (unpaired) electrons. The van der Waals surface area contributed by atoms with Crippen LogP contribution < -0.4 is 10.5 Å². The third-order valence-corrected chi connectivity index (χ3v) is 5.31. The number of hydrogen-bond acceptors (Lipinski definition) is 3. The summed E-state index contributed by atoms with van der Waals surface area (Å²) >= 11 is 0. The Kier molecular flexibility index (Phi) is 3.05. The number of hydrogen-bond donors (Lipinski definition) is 2. The van der Waals surface area contributed by atoms with Crippen molar-refractivity contribution in [1.82, 2.24) is 4.72 Å². The van der Waals surface area contributed by atoms with Crippen molar-refractivity contribution in [3.63, 3.8) is 0 Å². The summed E-state index contributed by atoms with van der Waals surface area (Å²) in [7, 11) is -3.02. The normalized spacial score (nSPS) is 39.9. The van der Waals surface area contributed by atoms with E-state index >= 15 is 0 Å². The van der Waals surface area contributed by atoms with Gasteiger partial charge in [-0.3, -0.25) is 0 Å². The average molecular weight is 232 g/mol. The van der Waals surface area contributed by atoms with E-state index in [2.05, 4.69) is 4.72 Å². The highest BCUT2D eigenvalue weighted by Gasteiger charge is 2.45. The first kappa shape index (κ1) is 11.4. The van der Waals surface area contributed by atoms with Crippen molar-refractivity contribution in [3.05, 3.63) is 0 Å². The monoisotopic (exact) mass is 232 g/mol. The van der Waals surface area contributed by atoms with Crippen LogP contribution in [0.5, 0.6) is 0 Å². The first-order valence-electron chi connectivity index (χ1n) is 5.74. The van der Waals surface area contributed by atoms with Gasteiger partial charge in [-0.25, -0.2) is 13.1 Å². The Hall–Kier alpha value is -0.130. The highest BCUT2D eigenvalue weighted by Crippen LogP contribution is 2.48. The molecule has 2 saturated carbocycles. The molecule has 0 aromatic heterocycles. The Morgan fingerprint density at radius 2 is 2.07 bits per heavy atom. The molecule has 5 heteroatoms. The number of sulfonamides is 1. The zero-order valence-corrected chi connectivity index (χ0v) is 9.96. The Morgan fingerprint density at radius 3 is 2.60 bits per heavy atom. The second kappa shape index (κ2) is 4.03. The van der Waals surface area contributed by atoms with Crippen LogP contribution in [-0.2, 0) is 10.0 Å². The molecule has 0 amide bonds. The largest absolute Gasteiger partial charge is 0.327 e. The lowest BCUT2D eigenvalue weighted by Crippen LogP contribution is -2.44. The maximum atomic E-state index is 11.3. The first-order valence-corrected chi connectivity index (χ1v) is 7.40. The summed E-state index contributed by atoms with van der Waals surface area (Å²) in [5.41, 5.74) is 5.90. The Bertz CT molecular complexity index is 328. The molecule has 0 aromatic rings. The maximum Gasteiger partial charge on any atom is 0.211 e. The van der Waals surface area contributed by atoms with E-state index in [4.69, 9.17) is 5.73 Å². The highest BCUT2D eigenvalue weighted by molar-refractivity contribution is 7.89. The van der Waals surface area contributed by atoms with Gasteiger partial charge in [0, 0.05) is 12.6 Å². The topological polar surface area (TPSA) is 72.2 Å². The number of nitrogens with one attached hydrogen (secondary N) is 1. The zero-order chi connectivity index (χ0) is 11.1. The molecule has 2 aliphatic carbocycles. The van der Waals surface area contributed by atoms with Crippen LogP contribution in [0.3, 0.4) is 0 Å². The molecule has 0 saturated heterocycles. The lowest BCUT2D eigenvalue weighted by atomic mass is 9.72. The van der Waals surface area contributed by atoms with Gasteiger partial charge in [0.25, 0.3) is 0 Å². The van der Waals surface area contributed by atoms with E-state index < -0.39 is 10.0 Å². The summed E-state index contributed by atoms with van der Waals surface area (Å²) in [6.07, 6.45) is 3.41. The fraction of sp³-hybridized carbons (Fsp3) is 1.00. The molecule has 2 rings (SSSR count). The number of fused-ring (bicyclic) bond motifs is 1. The van der Waals surface area contributed by atoms with Gasteiger partial charge in [-0.05, 0) is 43.9 Å². The van der Waals surface area contributed by atoms with Crippen LogP contribution in [0.15, 0.2) is 0 Å². The Morgan fingerprint density at radius 1 is 1.33 bits per heavy atom. The van der Waals surface area contributed by atoms with Gasteiger partial charge in [0.15, 0.2) is 0 Å². The molecule has 4 unspecified atom stereocenters. The molecule has 4 atom stereocenters. The second-order valence-corrected chi connectivity index (χ2v) is 7.01. The summed E-state index contributed by atoms with van der Waals surface area (Å²) in [6.45, 7) is 2.27. The fourth-order valence-corrected chi connectivity index (χ4v) is 3.61. The minimum atomic E-state index is -3.02. The summed E-state index contributed by atoms with van der Waals surface area (Å²) in [5.74, 6) is 2.12. The van der Waals surface area contributed by atoms with Gasteiger partial charge in [-0.2, -0.15) is 0 Å². The molecule has 4 nitrogen and oxygen atoms in total. The van der Waals surface area contributed by atoms with Gasteiger partial charge in [-0.1, -0.05) is 0 Å². The van der Waals surface area contributed by atoms with E-state index in [1.807, 2.05) is 0 Å². The second-order valence-electron chi connectivity index (χ2n) is 4.91. The quantitative estimate of drug-likeness (QED) is 0.732. The van der Waals surface area contributed by atoms with Crippen molar-refractivity contribution in [3.8, 4) is 0 Å². The van der Waals surface area contributed by atoms with Crippen LogP contribution in [0.1, 0.15) is 26.2 Å². The lowest BCUT2D eigenvalue weighted by Gasteiger charge is -2.37. The summed E-state index contributed by atoms with van der Waals surface area (Å²) in [6, 6.07) is 0.378. The van der Waals surface area contributed by atoms with Crippen LogP contribution in [0, 0.1) is 17.8 Å². The maximum absolute atomic E-state index is 11.3. The molecule has 0 heterocycles. The van der Waals surface area contributed by atoms with E-state index in [1.54, 1.807) is 6.92 Å². The van der Waals surface area contributed by atoms with Crippen LogP contribution in [0.4, 0.5) is 0 Å². The molecule has 88 valence electrons. The third kappa shape index (κ3) is 2.34. The Balaban J connectivity index is 1.78. The molecule has 0 spiro atoms. The van der Waals surface area contributed by atoms with E-state index in [9.17, 15) is 8.42 Å². The lowest BCUT2D eigenvalue weighted by molar-refractivity contribution is 0.173. The van der Waals surface area contributed by atoms with Gasteiger partial charge < -0.3 is 5.73 Å². The van der Waals surface area contributed by atoms with Crippen molar-refractivity contribution in [2.75, 3.05) is 12.3 Å². The summed E-state index contributed by atoms with van der Waals surface area (Å²) < 4.78 is 25.2. The molecule has 15 heavy (non-hydrogen) atoms. The molecular weight excluding hydrogens is 212 g/mol. The van der Waals surface area contributed by atoms with Gasteiger partial charge in [0.2, 0.25) is 10.0 Å². The zero-order valence-electron chi connectivity index (χ0n) is 9.15. The molecular formula is C10H20N2O2S. The third-order valence-electron chi connectivity index (χ3n) is 3.94. The fourth-order valence-electron chi connectivity index (χ4n) is 2.91. The highest BCUT2D eigenvalue weighted by atomic mass is 32.2. The van der Waals surface area contributed by atoms with Gasteiger partial charge in [0.05, 0.1) is 5.75 Å². The van der Waals surface area contributed by atoms with E-state index in [1.165, 1.54) is 0 Å². The first-order chi connectivity index (χ1) is 7.02. The number of nitrogens with two attached hydrogens (primary N) is 1. The van der Waals surface area contributed by atoms with Crippen molar-refractivity contribution in [2.24, 2.45) is 23.5 Å². The standard InChI is InChI=1S/C10H20N2O2S/c1-2-15(13,14)12-6-7-3-8-5-10(11)9(8)4-7/h7-10,12H,2-6,11H2,1H3. The Labute approximate surface area is 91.7 Å². The van der Waals surface area contributed by atoms with E-state index in [-0.39, 0.29) is 5.75 Å². The minimum Gasteiger partial charge on any atom is -0.327 e. The smallest absolute Gasteiger partial charge is 0.211 e. The van der Waals surface area contributed by atoms with Gasteiger partial charge >= 0.3 is 0 Å². The van der Waals surface area contributed by atoms with Crippen LogP contribution in [0.2, 0.25) is 0 Å². The number of rotatable bonds is 4. The molecule has 0 aromatic carbocycles. The average Bonchev–Trinajstić information content (AvgIpc) is 2.52. The van der Waals surface area contributed by atoms with Crippen molar-refractivity contribution in [2.45, 2.75) is 32.2 Å². The summed E-state index contributed by atoms with van der Waals surface area (Å²) in [4.78, 5) is 0. The molecule has 2 fully saturated rings. The van der Waals surface area contributed by atoms with Gasteiger partial charge in [0.1, 0.15) is 0 Å². The molecule has 3 N–H and O–H groups in total. The molecule has 0 aliphatic heterocycles. The van der Waals surface area contributed by atoms with Gasteiger partial charge in [-0.15, -0.1) is 0 Å². The van der Waals surface area contributed by atoms with Crippen molar-refractivity contribution >= 4 is 10.0 Å². The van der Waals surface area contributed by atoms with Crippen LogP contribution in [-0.4, -0.2) is 26.8 Å². The molecule has 0 bridgehead atoms. The predicted molar refractivity (Wildman–Crippen MR) is 59.8 cm³/mol. The SMILES string of the molecule is CCS(=O)(=O)NCC1CC2CC(N)C2C1. The minimum absolute atomic E-state index is 0.173. The van der Waals surface area contributed by atoms with Crippen molar-refractivity contribution < 1.29 is 8.42 Å². The van der Waals surface area contributed by atoms with Crippen LogP contribution >= 0.6 is 0 Å². The van der Waals surface area contributed by atoms with E-state index in [0.29, 0.717) is 24.4 Å². The summed E-state index contributed by atoms with van der Waals surface area (Å²) in [5, 5.41) is 0. The van der Waals surface area contributed by atoms with E-state index in [0.717, 1.165) is 25.2 Å². The van der Waals surface area contributed by atoms with Crippen molar-refractivity contribution in [1.29, 1.82) is 0 Å².